The van der Waals surface area contributed by atoms with E-state index in [9.17, 15) is 9.90 Å². The molecule has 1 aliphatic rings. The normalized spacial score (nSPS) is 27.9. The molecule has 0 radical (unpaired) electrons. The highest BCUT2D eigenvalue weighted by molar-refractivity contribution is 5.74. The molecule has 3 heteroatoms. The lowest BCUT2D eigenvalue weighted by molar-refractivity contribution is -0.151. The molecule has 0 saturated carbocycles. The Morgan fingerprint density at radius 2 is 2.18 bits per heavy atom. The molecule has 0 aliphatic carbocycles. The van der Waals surface area contributed by atoms with Gasteiger partial charge < -0.3 is 5.11 Å². The van der Waals surface area contributed by atoms with Gasteiger partial charge in [-0.05, 0) is 39.2 Å². The first-order chi connectivity index (χ1) is 8.03. The molecular formula is C14H27NO2. The molecule has 0 aromatic heterocycles. The number of rotatable bonds is 6. The van der Waals surface area contributed by atoms with E-state index >= 15 is 0 Å². The van der Waals surface area contributed by atoms with Crippen molar-refractivity contribution in [1.82, 2.24) is 4.90 Å². The van der Waals surface area contributed by atoms with E-state index in [1.165, 1.54) is 19.3 Å². The third-order valence-electron chi connectivity index (χ3n) is 4.12. The zero-order chi connectivity index (χ0) is 12.9. The number of hydrogen-bond donors (Lipinski definition) is 1. The van der Waals surface area contributed by atoms with Crippen LogP contribution in [0.15, 0.2) is 0 Å². The van der Waals surface area contributed by atoms with Gasteiger partial charge in [0, 0.05) is 12.6 Å². The fourth-order valence-electron chi connectivity index (χ4n) is 2.85. The molecular weight excluding hydrogens is 214 g/mol. The molecule has 100 valence electrons. The summed E-state index contributed by atoms with van der Waals surface area (Å²) in [5, 5.41) is 9.32. The van der Waals surface area contributed by atoms with Gasteiger partial charge in [-0.25, -0.2) is 0 Å². The highest BCUT2D eigenvalue weighted by Gasteiger charge is 2.39. The highest BCUT2D eigenvalue weighted by atomic mass is 16.4. The van der Waals surface area contributed by atoms with E-state index in [1.54, 1.807) is 0 Å². The van der Waals surface area contributed by atoms with Crippen LogP contribution in [-0.4, -0.2) is 35.1 Å². The van der Waals surface area contributed by atoms with E-state index < -0.39 is 11.4 Å². The number of aliphatic carboxylic acids is 1. The van der Waals surface area contributed by atoms with Gasteiger partial charge in [-0.1, -0.05) is 26.7 Å². The summed E-state index contributed by atoms with van der Waals surface area (Å²) in [6, 6.07) is 0.578. The first-order valence-corrected chi connectivity index (χ1v) is 7.01. The third-order valence-corrected chi connectivity index (χ3v) is 4.12. The number of carbonyl (C=O) groups is 1. The van der Waals surface area contributed by atoms with Crippen LogP contribution in [0.25, 0.3) is 0 Å². The smallest absolute Gasteiger partial charge is 0.310 e. The second-order valence-corrected chi connectivity index (χ2v) is 5.64. The first-order valence-electron chi connectivity index (χ1n) is 7.01. The van der Waals surface area contributed by atoms with Crippen molar-refractivity contribution in [2.75, 3.05) is 13.1 Å². The molecule has 0 amide bonds. The molecule has 3 nitrogen and oxygen atoms in total. The van der Waals surface area contributed by atoms with Crippen LogP contribution in [0.3, 0.4) is 0 Å². The Kier molecular flexibility index (Phi) is 5.44. The van der Waals surface area contributed by atoms with Crippen LogP contribution in [0.2, 0.25) is 0 Å². The lowest BCUT2D eigenvalue weighted by atomic mass is 9.81. The Morgan fingerprint density at radius 1 is 1.47 bits per heavy atom. The summed E-state index contributed by atoms with van der Waals surface area (Å²) in [5.41, 5.74) is -0.530. The number of likely N-dealkylation sites (tertiary alicyclic amines) is 1. The summed E-state index contributed by atoms with van der Waals surface area (Å²) in [5.74, 6) is -0.632. The van der Waals surface area contributed by atoms with Crippen molar-refractivity contribution in [2.24, 2.45) is 5.41 Å². The molecule has 1 saturated heterocycles. The number of unbranched alkanes of at least 4 members (excludes halogenated alkanes) is 1. The zero-order valence-electron chi connectivity index (χ0n) is 11.5. The van der Waals surface area contributed by atoms with Crippen molar-refractivity contribution >= 4 is 5.97 Å². The van der Waals surface area contributed by atoms with Crippen LogP contribution < -0.4 is 0 Å². The van der Waals surface area contributed by atoms with E-state index in [0.717, 1.165) is 32.4 Å². The van der Waals surface area contributed by atoms with Crippen LogP contribution in [0.1, 0.15) is 59.3 Å². The van der Waals surface area contributed by atoms with E-state index in [2.05, 4.69) is 18.7 Å². The number of piperidine rings is 1. The quantitative estimate of drug-likeness (QED) is 0.776. The molecule has 0 aromatic rings. The predicted octanol–water partition coefficient (Wildman–Crippen LogP) is 3.14. The van der Waals surface area contributed by atoms with Crippen LogP contribution in [0, 0.1) is 5.41 Å². The van der Waals surface area contributed by atoms with Gasteiger partial charge in [-0.15, -0.1) is 0 Å². The largest absolute Gasteiger partial charge is 0.481 e. The molecule has 1 N–H and O–H groups in total. The van der Waals surface area contributed by atoms with Gasteiger partial charge in [0.25, 0.3) is 0 Å². The van der Waals surface area contributed by atoms with Gasteiger partial charge in [0.05, 0.1) is 5.41 Å². The first kappa shape index (κ1) is 14.5. The van der Waals surface area contributed by atoms with Gasteiger partial charge in [0.1, 0.15) is 0 Å². The third kappa shape index (κ3) is 3.70. The maximum Gasteiger partial charge on any atom is 0.310 e. The average Bonchev–Trinajstić information content (AvgIpc) is 2.30. The zero-order valence-corrected chi connectivity index (χ0v) is 11.5. The summed E-state index contributed by atoms with van der Waals surface area (Å²) < 4.78 is 0. The Bertz CT molecular complexity index is 255. The van der Waals surface area contributed by atoms with Crippen LogP contribution in [0.4, 0.5) is 0 Å². The summed E-state index contributed by atoms with van der Waals surface area (Å²) >= 11 is 0. The van der Waals surface area contributed by atoms with Gasteiger partial charge in [-0.3, -0.25) is 9.69 Å². The Balaban J connectivity index is 2.60. The SMILES string of the molecule is CCCCC(CC)N1CCCC(C)(C(=O)O)C1. The highest BCUT2D eigenvalue weighted by Crippen LogP contribution is 2.32. The number of carboxylic acids is 1. The van der Waals surface area contributed by atoms with Gasteiger partial charge >= 0.3 is 5.97 Å². The van der Waals surface area contributed by atoms with Gasteiger partial charge in [-0.2, -0.15) is 0 Å². The lowest BCUT2D eigenvalue weighted by Crippen LogP contribution is -2.49. The molecule has 0 aromatic carbocycles. The second kappa shape index (κ2) is 6.39. The van der Waals surface area contributed by atoms with Gasteiger partial charge in [0.2, 0.25) is 0 Å². The maximum absolute atomic E-state index is 11.3. The Morgan fingerprint density at radius 3 is 2.71 bits per heavy atom. The minimum atomic E-state index is -0.632. The minimum Gasteiger partial charge on any atom is -0.481 e. The van der Waals surface area contributed by atoms with Crippen molar-refractivity contribution in [3.63, 3.8) is 0 Å². The number of carboxylic acid groups (broad SMARTS) is 1. The molecule has 0 bridgehead atoms. The standard InChI is InChI=1S/C14H27NO2/c1-4-6-8-12(5-2)15-10-7-9-14(3,11-15)13(16)17/h12H,4-11H2,1-3H3,(H,16,17). The fourth-order valence-corrected chi connectivity index (χ4v) is 2.85. The van der Waals surface area contributed by atoms with E-state index in [4.69, 9.17) is 0 Å². The molecule has 2 atom stereocenters. The topological polar surface area (TPSA) is 40.5 Å². The summed E-state index contributed by atoms with van der Waals surface area (Å²) in [4.78, 5) is 13.7. The Hall–Kier alpha value is -0.570. The summed E-state index contributed by atoms with van der Waals surface area (Å²) in [6.07, 6.45) is 6.66. The second-order valence-electron chi connectivity index (χ2n) is 5.64. The molecule has 1 aliphatic heterocycles. The molecule has 1 rings (SSSR count). The number of nitrogens with zero attached hydrogens (tertiary/aromatic N) is 1. The van der Waals surface area contributed by atoms with E-state index in [1.807, 2.05) is 6.92 Å². The van der Waals surface area contributed by atoms with Crippen LogP contribution in [0.5, 0.6) is 0 Å². The lowest BCUT2D eigenvalue weighted by Gasteiger charge is -2.41. The Labute approximate surface area is 105 Å². The van der Waals surface area contributed by atoms with Crippen molar-refractivity contribution < 1.29 is 9.90 Å². The maximum atomic E-state index is 11.3. The van der Waals surface area contributed by atoms with Crippen LogP contribution >= 0.6 is 0 Å². The molecule has 17 heavy (non-hydrogen) atoms. The van der Waals surface area contributed by atoms with Crippen molar-refractivity contribution in [1.29, 1.82) is 0 Å². The van der Waals surface area contributed by atoms with Crippen molar-refractivity contribution in [3.8, 4) is 0 Å². The average molecular weight is 241 g/mol. The van der Waals surface area contributed by atoms with E-state index in [0.29, 0.717) is 6.04 Å². The molecule has 1 heterocycles. The van der Waals surface area contributed by atoms with Crippen molar-refractivity contribution in [3.05, 3.63) is 0 Å². The summed E-state index contributed by atoms with van der Waals surface area (Å²) in [6.45, 7) is 8.13. The van der Waals surface area contributed by atoms with E-state index in [-0.39, 0.29) is 0 Å². The molecule has 0 spiro atoms. The van der Waals surface area contributed by atoms with Crippen LogP contribution in [-0.2, 0) is 4.79 Å². The minimum absolute atomic E-state index is 0.530. The molecule has 1 fully saturated rings. The fraction of sp³-hybridized carbons (Fsp3) is 0.929. The number of hydrogen-bond acceptors (Lipinski definition) is 2. The predicted molar refractivity (Wildman–Crippen MR) is 70.2 cm³/mol. The van der Waals surface area contributed by atoms with Gasteiger partial charge in [0.15, 0.2) is 0 Å². The molecule has 2 unspecified atom stereocenters. The monoisotopic (exact) mass is 241 g/mol. The summed E-state index contributed by atoms with van der Waals surface area (Å²) in [7, 11) is 0. The van der Waals surface area contributed by atoms with Crippen molar-refractivity contribution in [2.45, 2.75) is 65.3 Å².